The number of nitrogens with zero attached hydrogens (tertiary/aromatic N) is 1. The molecule has 6 heteroatoms. The van der Waals surface area contributed by atoms with Gasteiger partial charge in [-0.1, -0.05) is 0 Å². The molecule has 1 aliphatic heterocycles. The van der Waals surface area contributed by atoms with Crippen LogP contribution in [-0.2, 0) is 4.74 Å². The van der Waals surface area contributed by atoms with E-state index in [1.54, 1.807) is 0 Å². The molecule has 1 saturated heterocycles. The van der Waals surface area contributed by atoms with Crippen molar-refractivity contribution in [1.82, 2.24) is 4.90 Å². The third kappa shape index (κ3) is 3.71. The average molecular weight is 271 g/mol. The number of carbonyl (C=O) groups excluding carboxylic acids is 1. The predicted octanol–water partition coefficient (Wildman–Crippen LogP) is 1.49. The molecule has 104 valence electrons. The number of aldehydes is 1. The minimum absolute atomic E-state index is 0.0458. The Morgan fingerprint density at radius 1 is 1.26 bits per heavy atom. The number of rotatable bonds is 5. The van der Waals surface area contributed by atoms with Crippen LogP contribution in [0.4, 0.5) is 8.78 Å². The fraction of sp³-hybridized carbons (Fsp3) is 0.462. The SMILES string of the molecule is O=Cc1cc(F)c(OCCN2CCOCC2)c(F)c1. The molecule has 2 rings (SSSR count). The maximum atomic E-state index is 13.5. The molecule has 1 aliphatic rings. The van der Waals surface area contributed by atoms with E-state index in [1.807, 2.05) is 0 Å². The van der Waals surface area contributed by atoms with Gasteiger partial charge in [-0.25, -0.2) is 8.78 Å². The maximum Gasteiger partial charge on any atom is 0.190 e. The van der Waals surface area contributed by atoms with Crippen molar-refractivity contribution in [1.29, 1.82) is 0 Å². The highest BCUT2D eigenvalue weighted by Gasteiger charge is 2.14. The molecule has 0 saturated carbocycles. The Morgan fingerprint density at radius 2 is 1.89 bits per heavy atom. The number of carbonyl (C=O) groups is 1. The van der Waals surface area contributed by atoms with Crippen LogP contribution < -0.4 is 4.74 Å². The van der Waals surface area contributed by atoms with E-state index in [2.05, 4.69) is 4.90 Å². The third-order valence-electron chi connectivity index (χ3n) is 2.91. The molecule has 0 N–H and O–H groups in total. The van der Waals surface area contributed by atoms with E-state index in [-0.39, 0.29) is 12.2 Å². The lowest BCUT2D eigenvalue weighted by Gasteiger charge is -2.26. The molecular weight excluding hydrogens is 256 g/mol. The molecule has 1 fully saturated rings. The summed E-state index contributed by atoms with van der Waals surface area (Å²) in [4.78, 5) is 12.5. The van der Waals surface area contributed by atoms with Crippen LogP contribution in [0.15, 0.2) is 12.1 Å². The van der Waals surface area contributed by atoms with Gasteiger partial charge in [0.15, 0.2) is 17.4 Å². The van der Waals surface area contributed by atoms with Crippen molar-refractivity contribution in [2.45, 2.75) is 0 Å². The summed E-state index contributed by atoms with van der Waals surface area (Å²) in [7, 11) is 0. The summed E-state index contributed by atoms with van der Waals surface area (Å²) in [6.07, 6.45) is 0.393. The fourth-order valence-electron chi connectivity index (χ4n) is 1.89. The molecule has 0 aromatic heterocycles. The Labute approximate surface area is 109 Å². The van der Waals surface area contributed by atoms with E-state index in [0.29, 0.717) is 26.0 Å². The molecule has 0 unspecified atom stereocenters. The van der Waals surface area contributed by atoms with Crippen molar-refractivity contribution < 1.29 is 23.0 Å². The Hall–Kier alpha value is -1.53. The van der Waals surface area contributed by atoms with Gasteiger partial charge >= 0.3 is 0 Å². The highest BCUT2D eigenvalue weighted by Crippen LogP contribution is 2.22. The van der Waals surface area contributed by atoms with Crippen LogP contribution in [-0.4, -0.2) is 50.6 Å². The Morgan fingerprint density at radius 3 is 2.47 bits per heavy atom. The van der Waals surface area contributed by atoms with Gasteiger partial charge in [-0.2, -0.15) is 0 Å². The van der Waals surface area contributed by atoms with Crippen LogP contribution in [0.3, 0.4) is 0 Å². The van der Waals surface area contributed by atoms with Gasteiger partial charge in [0, 0.05) is 25.2 Å². The summed E-state index contributed by atoms with van der Waals surface area (Å²) in [6.45, 7) is 3.68. The van der Waals surface area contributed by atoms with Crippen LogP contribution >= 0.6 is 0 Å². The standard InChI is InChI=1S/C13H15F2NO3/c14-11-7-10(9-17)8-12(15)13(11)19-6-3-16-1-4-18-5-2-16/h7-9H,1-6H2. The van der Waals surface area contributed by atoms with Crippen LogP contribution in [0.25, 0.3) is 0 Å². The molecule has 1 aromatic carbocycles. The van der Waals surface area contributed by atoms with E-state index in [9.17, 15) is 13.6 Å². The first-order chi connectivity index (χ1) is 9.20. The van der Waals surface area contributed by atoms with Gasteiger partial charge in [0.1, 0.15) is 12.9 Å². The van der Waals surface area contributed by atoms with E-state index < -0.39 is 17.4 Å². The third-order valence-corrected chi connectivity index (χ3v) is 2.91. The highest BCUT2D eigenvalue weighted by atomic mass is 19.1. The largest absolute Gasteiger partial charge is 0.486 e. The second kappa shape index (κ2) is 6.58. The summed E-state index contributed by atoms with van der Waals surface area (Å²) in [5, 5.41) is 0. The smallest absolute Gasteiger partial charge is 0.190 e. The van der Waals surface area contributed by atoms with Gasteiger partial charge in [-0.05, 0) is 12.1 Å². The van der Waals surface area contributed by atoms with E-state index >= 15 is 0 Å². The van der Waals surface area contributed by atoms with Crippen LogP contribution in [0.2, 0.25) is 0 Å². The van der Waals surface area contributed by atoms with Crippen molar-refractivity contribution in [3.8, 4) is 5.75 Å². The summed E-state index contributed by atoms with van der Waals surface area (Å²) >= 11 is 0. The molecule has 19 heavy (non-hydrogen) atoms. The van der Waals surface area contributed by atoms with E-state index in [4.69, 9.17) is 9.47 Å². The van der Waals surface area contributed by atoms with Gasteiger partial charge in [0.05, 0.1) is 13.2 Å². The van der Waals surface area contributed by atoms with Crippen molar-refractivity contribution in [2.75, 3.05) is 39.5 Å². The molecule has 0 amide bonds. The van der Waals surface area contributed by atoms with Crippen molar-refractivity contribution >= 4 is 6.29 Å². The molecule has 0 radical (unpaired) electrons. The minimum atomic E-state index is -0.857. The van der Waals surface area contributed by atoms with Gasteiger partial charge in [0.2, 0.25) is 0 Å². The summed E-state index contributed by atoms with van der Waals surface area (Å²) in [5.41, 5.74) is -0.0458. The zero-order valence-corrected chi connectivity index (χ0v) is 10.4. The highest BCUT2D eigenvalue weighted by molar-refractivity contribution is 5.75. The lowest BCUT2D eigenvalue weighted by molar-refractivity contribution is 0.0318. The molecular formula is C13H15F2NO3. The monoisotopic (exact) mass is 271 g/mol. The number of hydrogen-bond acceptors (Lipinski definition) is 4. The van der Waals surface area contributed by atoms with Gasteiger partial charge in [-0.3, -0.25) is 9.69 Å². The molecule has 1 heterocycles. The van der Waals surface area contributed by atoms with Gasteiger partial charge in [-0.15, -0.1) is 0 Å². The first-order valence-electron chi connectivity index (χ1n) is 6.08. The number of morpholine rings is 1. The van der Waals surface area contributed by atoms with Gasteiger partial charge < -0.3 is 9.47 Å². The number of hydrogen-bond donors (Lipinski definition) is 0. The summed E-state index contributed by atoms with van der Waals surface area (Å²) < 4.78 is 37.3. The quantitative estimate of drug-likeness (QED) is 0.761. The molecule has 4 nitrogen and oxygen atoms in total. The molecule has 0 aliphatic carbocycles. The first kappa shape index (κ1) is 13.9. The number of ether oxygens (including phenoxy) is 2. The number of halogens is 2. The number of benzene rings is 1. The van der Waals surface area contributed by atoms with Gasteiger partial charge in [0.25, 0.3) is 0 Å². The summed E-state index contributed by atoms with van der Waals surface area (Å²) in [6, 6.07) is 1.92. The normalized spacial score (nSPS) is 16.3. The van der Waals surface area contributed by atoms with E-state index in [0.717, 1.165) is 25.2 Å². The molecule has 0 atom stereocenters. The van der Waals surface area contributed by atoms with Crippen LogP contribution in [0.5, 0.6) is 5.75 Å². The lowest BCUT2D eigenvalue weighted by atomic mass is 10.2. The van der Waals surface area contributed by atoms with E-state index in [1.165, 1.54) is 0 Å². The molecule has 1 aromatic rings. The van der Waals surface area contributed by atoms with Crippen molar-refractivity contribution in [3.05, 3.63) is 29.3 Å². The minimum Gasteiger partial charge on any atom is -0.486 e. The average Bonchev–Trinajstić information content (AvgIpc) is 2.42. The predicted molar refractivity (Wildman–Crippen MR) is 64.5 cm³/mol. The molecule has 0 spiro atoms. The second-order valence-corrected chi connectivity index (χ2v) is 4.23. The van der Waals surface area contributed by atoms with Crippen molar-refractivity contribution in [3.63, 3.8) is 0 Å². The zero-order valence-electron chi connectivity index (χ0n) is 10.4. The summed E-state index contributed by atoms with van der Waals surface area (Å²) in [5.74, 6) is -2.15. The van der Waals surface area contributed by atoms with Crippen LogP contribution in [0.1, 0.15) is 10.4 Å². The lowest BCUT2D eigenvalue weighted by Crippen LogP contribution is -2.38. The Bertz CT molecular complexity index is 425. The molecule has 0 bridgehead atoms. The fourth-order valence-corrected chi connectivity index (χ4v) is 1.89. The zero-order chi connectivity index (χ0) is 13.7. The van der Waals surface area contributed by atoms with Crippen molar-refractivity contribution in [2.24, 2.45) is 0 Å². The Kier molecular flexibility index (Phi) is 4.81. The Balaban J connectivity index is 1.90. The maximum absolute atomic E-state index is 13.5. The van der Waals surface area contributed by atoms with Crippen LogP contribution in [0, 0.1) is 11.6 Å². The first-order valence-corrected chi connectivity index (χ1v) is 6.08. The topological polar surface area (TPSA) is 38.8 Å². The second-order valence-electron chi connectivity index (χ2n) is 4.23.